The van der Waals surface area contributed by atoms with Gasteiger partial charge in [0, 0.05) is 32.5 Å². The minimum atomic E-state index is -2.83. The number of hydrogen-bond acceptors (Lipinski definition) is 5. The highest BCUT2D eigenvalue weighted by Crippen LogP contribution is 2.16. The third-order valence-corrected chi connectivity index (χ3v) is 5.45. The molecule has 0 spiro atoms. The van der Waals surface area contributed by atoms with Crippen LogP contribution < -0.4 is 10.1 Å². The fourth-order valence-corrected chi connectivity index (χ4v) is 3.36. The van der Waals surface area contributed by atoms with E-state index in [1.807, 2.05) is 0 Å². The highest BCUT2D eigenvalue weighted by Gasteiger charge is 2.21. The normalized spacial score (nSPS) is 12.1. The van der Waals surface area contributed by atoms with Crippen LogP contribution in [0.5, 0.6) is 5.75 Å². The minimum Gasteiger partial charge on any atom is -0.492 e. The van der Waals surface area contributed by atoms with Crippen molar-refractivity contribution >= 4 is 12.0 Å². The summed E-state index contributed by atoms with van der Waals surface area (Å²) in [5.74, 6) is -3.70. The van der Waals surface area contributed by atoms with Crippen LogP contribution in [0.3, 0.4) is 0 Å². The van der Waals surface area contributed by atoms with Crippen molar-refractivity contribution in [1.82, 2.24) is 10.2 Å². The van der Waals surface area contributed by atoms with Crippen molar-refractivity contribution in [3.63, 3.8) is 0 Å². The van der Waals surface area contributed by atoms with Crippen LogP contribution in [-0.4, -0.2) is 73.6 Å². The van der Waals surface area contributed by atoms with Gasteiger partial charge in [0.05, 0.1) is 19.8 Å². The number of ether oxygens (including phenoxy) is 3. The lowest BCUT2D eigenvalue weighted by atomic mass is 10.1. The van der Waals surface area contributed by atoms with Crippen molar-refractivity contribution < 1.29 is 42.1 Å². The van der Waals surface area contributed by atoms with Crippen molar-refractivity contribution in [2.75, 3.05) is 39.5 Å². The van der Waals surface area contributed by atoms with E-state index in [0.29, 0.717) is 17.9 Å². The largest absolute Gasteiger partial charge is 0.492 e. The highest BCUT2D eigenvalue weighted by atomic mass is 19.3. The zero-order chi connectivity index (χ0) is 28.0. The van der Waals surface area contributed by atoms with Gasteiger partial charge in [-0.1, -0.05) is 24.3 Å². The van der Waals surface area contributed by atoms with E-state index in [0.717, 1.165) is 12.5 Å². The van der Waals surface area contributed by atoms with Gasteiger partial charge in [-0.2, -0.15) is 0 Å². The molecule has 8 nitrogen and oxygen atoms in total. The van der Waals surface area contributed by atoms with Crippen LogP contribution in [0.15, 0.2) is 48.5 Å². The lowest BCUT2D eigenvalue weighted by molar-refractivity contribution is -0.149. The number of nitrogens with zero attached hydrogens (tertiary/aromatic N) is 1. The smallest absolute Gasteiger partial charge is 0.333 e. The number of rotatable bonds is 17. The third kappa shape index (κ3) is 12.3. The summed E-state index contributed by atoms with van der Waals surface area (Å²) < 4.78 is 55.3. The lowest BCUT2D eigenvalue weighted by Gasteiger charge is -2.23. The average Bonchev–Trinajstić information content (AvgIpc) is 2.87. The molecule has 0 aliphatic carbocycles. The van der Waals surface area contributed by atoms with Gasteiger partial charge in [-0.25, -0.2) is 22.8 Å². The Kier molecular flexibility index (Phi) is 12.9. The third-order valence-electron chi connectivity index (χ3n) is 5.45. The Morgan fingerprint density at radius 2 is 1.63 bits per heavy atom. The predicted molar refractivity (Wildman–Crippen MR) is 135 cm³/mol. The Hall–Kier alpha value is -3.31. The molecule has 0 aliphatic heterocycles. The van der Waals surface area contributed by atoms with Crippen LogP contribution in [0, 0.1) is 5.82 Å². The standard InChI is InChI=1S/C27H35F3N2O6/c1-3-37-24(25(33)34)18-20-6-10-23(11-7-20)38-17-14-32(13-16-36-15-12-27(2,29)30)26(35)31-19-21-4-8-22(28)9-5-21/h4-11,24H,3,12-19H2,1-2H3,(H,31,35)(H,33,34). The number of amides is 2. The van der Waals surface area contributed by atoms with Gasteiger partial charge in [0.15, 0.2) is 6.10 Å². The highest BCUT2D eigenvalue weighted by molar-refractivity contribution is 5.74. The molecule has 38 heavy (non-hydrogen) atoms. The van der Waals surface area contributed by atoms with E-state index < -0.39 is 30.4 Å². The summed E-state index contributed by atoms with van der Waals surface area (Å²) in [5.41, 5.74) is 1.49. The molecule has 2 amide bonds. The molecule has 0 aliphatic rings. The summed E-state index contributed by atoms with van der Waals surface area (Å²) in [5, 5.41) is 12.0. The van der Waals surface area contributed by atoms with Gasteiger partial charge >= 0.3 is 12.0 Å². The van der Waals surface area contributed by atoms with Crippen molar-refractivity contribution in [1.29, 1.82) is 0 Å². The molecule has 2 N–H and O–H groups in total. The van der Waals surface area contributed by atoms with Gasteiger partial charge in [-0.15, -0.1) is 0 Å². The first-order valence-corrected chi connectivity index (χ1v) is 12.4. The molecule has 0 bridgehead atoms. The van der Waals surface area contributed by atoms with Gasteiger partial charge in [0.2, 0.25) is 5.92 Å². The molecule has 0 saturated carbocycles. The number of nitrogens with one attached hydrogen (secondary N) is 1. The number of carboxylic acid groups (broad SMARTS) is 1. The number of halogens is 3. The molecular weight excluding hydrogens is 505 g/mol. The van der Waals surface area contributed by atoms with Crippen LogP contribution >= 0.6 is 0 Å². The van der Waals surface area contributed by atoms with E-state index in [1.54, 1.807) is 43.3 Å². The maximum atomic E-state index is 13.1. The second-order valence-electron chi connectivity index (χ2n) is 8.68. The van der Waals surface area contributed by atoms with Crippen molar-refractivity contribution in [2.45, 2.75) is 45.3 Å². The zero-order valence-corrected chi connectivity index (χ0v) is 21.6. The first-order chi connectivity index (χ1) is 18.1. The Morgan fingerprint density at radius 3 is 2.24 bits per heavy atom. The molecule has 0 heterocycles. The Bertz CT molecular complexity index is 984. The number of carbonyl (C=O) groups excluding carboxylic acids is 1. The lowest BCUT2D eigenvalue weighted by Crippen LogP contribution is -2.43. The number of carboxylic acids is 1. The van der Waals surface area contributed by atoms with Crippen LogP contribution in [0.25, 0.3) is 0 Å². The van der Waals surface area contributed by atoms with Gasteiger partial charge in [-0.05, 0) is 49.2 Å². The van der Waals surface area contributed by atoms with E-state index in [1.165, 1.54) is 17.0 Å². The molecular formula is C27H35F3N2O6. The zero-order valence-electron chi connectivity index (χ0n) is 21.6. The van der Waals surface area contributed by atoms with Crippen LogP contribution in [-0.2, 0) is 27.2 Å². The Balaban J connectivity index is 1.88. The summed E-state index contributed by atoms with van der Waals surface area (Å²) in [6.45, 7) is 3.45. The monoisotopic (exact) mass is 540 g/mol. The van der Waals surface area contributed by atoms with Gasteiger partial charge in [0.1, 0.15) is 18.2 Å². The fraction of sp³-hybridized carbons (Fsp3) is 0.481. The maximum absolute atomic E-state index is 13.1. The fourth-order valence-electron chi connectivity index (χ4n) is 3.36. The molecule has 1 unspecified atom stereocenters. The quantitative estimate of drug-likeness (QED) is 0.287. The van der Waals surface area contributed by atoms with Crippen LogP contribution in [0.2, 0.25) is 0 Å². The molecule has 0 radical (unpaired) electrons. The molecule has 1 atom stereocenters. The predicted octanol–water partition coefficient (Wildman–Crippen LogP) is 4.51. The van der Waals surface area contributed by atoms with Gasteiger partial charge < -0.3 is 29.5 Å². The van der Waals surface area contributed by atoms with E-state index in [2.05, 4.69) is 5.32 Å². The van der Waals surface area contributed by atoms with Gasteiger partial charge in [0.25, 0.3) is 0 Å². The molecule has 0 aromatic heterocycles. The number of aliphatic carboxylic acids is 1. The average molecular weight is 541 g/mol. The summed E-state index contributed by atoms with van der Waals surface area (Å²) in [6.07, 6.45) is -1.13. The molecule has 2 aromatic carbocycles. The minimum absolute atomic E-state index is 0.0688. The van der Waals surface area contributed by atoms with Crippen LogP contribution in [0.1, 0.15) is 31.4 Å². The molecule has 11 heteroatoms. The summed E-state index contributed by atoms with van der Waals surface area (Å²) in [6, 6.07) is 12.2. The van der Waals surface area contributed by atoms with Crippen molar-refractivity contribution in [2.24, 2.45) is 0 Å². The van der Waals surface area contributed by atoms with Crippen LogP contribution in [0.4, 0.5) is 18.0 Å². The molecule has 2 rings (SSSR count). The first kappa shape index (κ1) is 30.9. The van der Waals surface area contributed by atoms with E-state index >= 15 is 0 Å². The number of urea groups is 1. The molecule has 2 aromatic rings. The SMILES string of the molecule is CCOC(Cc1ccc(OCCN(CCOCCC(C)(F)F)C(=O)NCc2ccc(F)cc2)cc1)C(=O)O. The summed E-state index contributed by atoms with van der Waals surface area (Å²) in [7, 11) is 0. The second kappa shape index (κ2) is 15.8. The second-order valence-corrected chi connectivity index (χ2v) is 8.68. The van der Waals surface area contributed by atoms with Gasteiger partial charge in [-0.3, -0.25) is 0 Å². The maximum Gasteiger partial charge on any atom is 0.333 e. The molecule has 0 fully saturated rings. The van der Waals surface area contributed by atoms with E-state index in [-0.39, 0.29) is 51.7 Å². The topological polar surface area (TPSA) is 97.3 Å². The number of carbonyl (C=O) groups is 2. The number of alkyl halides is 2. The summed E-state index contributed by atoms with van der Waals surface area (Å²) in [4.78, 5) is 25.5. The van der Waals surface area contributed by atoms with E-state index in [4.69, 9.17) is 14.2 Å². The molecule has 210 valence electrons. The number of hydrogen-bond donors (Lipinski definition) is 2. The Morgan fingerprint density at radius 1 is 1.00 bits per heavy atom. The Labute approximate surface area is 220 Å². The molecule has 0 saturated heterocycles. The van der Waals surface area contributed by atoms with Crippen molar-refractivity contribution in [3.8, 4) is 5.75 Å². The van der Waals surface area contributed by atoms with Crippen molar-refractivity contribution in [3.05, 3.63) is 65.5 Å². The summed E-state index contributed by atoms with van der Waals surface area (Å²) >= 11 is 0. The van der Waals surface area contributed by atoms with E-state index in [9.17, 15) is 27.9 Å². The number of benzene rings is 2. The first-order valence-electron chi connectivity index (χ1n) is 12.4.